The summed E-state index contributed by atoms with van der Waals surface area (Å²) in [7, 11) is 0. The molecular formula is C11H18BrNO. The van der Waals surface area contributed by atoms with E-state index in [1.165, 1.54) is 12.8 Å². The lowest BCUT2D eigenvalue weighted by atomic mass is 9.75. The smallest absolute Gasteiger partial charge is 0.223 e. The van der Waals surface area contributed by atoms with E-state index in [4.69, 9.17) is 0 Å². The molecule has 2 atom stereocenters. The highest BCUT2D eigenvalue weighted by atomic mass is 79.9. The molecule has 80 valence electrons. The van der Waals surface area contributed by atoms with Crippen LogP contribution in [0.1, 0.15) is 39.0 Å². The highest BCUT2D eigenvalue weighted by Crippen LogP contribution is 2.34. The zero-order valence-corrected chi connectivity index (χ0v) is 10.2. The fourth-order valence-electron chi connectivity index (χ4n) is 2.49. The van der Waals surface area contributed by atoms with Gasteiger partial charge < -0.3 is 5.32 Å². The van der Waals surface area contributed by atoms with Crippen molar-refractivity contribution in [2.24, 2.45) is 11.8 Å². The molecule has 2 aliphatic rings. The van der Waals surface area contributed by atoms with Crippen LogP contribution in [0.3, 0.4) is 0 Å². The first-order chi connectivity index (χ1) is 6.66. The molecule has 0 aromatic rings. The monoisotopic (exact) mass is 259 g/mol. The molecule has 2 unspecified atom stereocenters. The Balaban J connectivity index is 1.77. The fourth-order valence-corrected chi connectivity index (χ4v) is 3.21. The van der Waals surface area contributed by atoms with Crippen molar-refractivity contribution in [3.05, 3.63) is 0 Å². The summed E-state index contributed by atoms with van der Waals surface area (Å²) in [5, 5.41) is 3.17. The summed E-state index contributed by atoms with van der Waals surface area (Å²) in [6.07, 6.45) is 5.76. The van der Waals surface area contributed by atoms with E-state index < -0.39 is 0 Å². The fraction of sp³-hybridized carbons (Fsp3) is 0.909. The van der Waals surface area contributed by atoms with Crippen molar-refractivity contribution in [2.75, 3.05) is 0 Å². The standard InChI is InChI=1S/C11H18BrNO/c1-7-5-8(6-7)11(14)13-10-4-2-3-9(10)12/h7-10H,2-6H2,1H3,(H,13,14). The summed E-state index contributed by atoms with van der Waals surface area (Å²) in [6.45, 7) is 2.21. The first-order valence-corrected chi connectivity index (χ1v) is 6.53. The third-order valence-electron chi connectivity index (χ3n) is 3.50. The topological polar surface area (TPSA) is 29.1 Å². The molecule has 1 N–H and O–H groups in total. The summed E-state index contributed by atoms with van der Waals surface area (Å²) in [4.78, 5) is 12.2. The van der Waals surface area contributed by atoms with Crippen LogP contribution < -0.4 is 5.32 Å². The lowest BCUT2D eigenvalue weighted by Gasteiger charge is -2.32. The number of alkyl halides is 1. The van der Waals surface area contributed by atoms with Gasteiger partial charge in [0.25, 0.3) is 0 Å². The minimum Gasteiger partial charge on any atom is -0.352 e. The van der Waals surface area contributed by atoms with Crippen LogP contribution >= 0.6 is 15.9 Å². The van der Waals surface area contributed by atoms with Crippen molar-refractivity contribution in [1.29, 1.82) is 0 Å². The van der Waals surface area contributed by atoms with E-state index in [9.17, 15) is 4.79 Å². The zero-order chi connectivity index (χ0) is 10.1. The maximum atomic E-state index is 11.7. The van der Waals surface area contributed by atoms with Gasteiger partial charge in [-0.3, -0.25) is 4.79 Å². The van der Waals surface area contributed by atoms with Gasteiger partial charge in [0, 0.05) is 16.8 Å². The molecule has 0 aliphatic heterocycles. The minimum absolute atomic E-state index is 0.291. The minimum atomic E-state index is 0.291. The Kier molecular flexibility index (Phi) is 3.15. The number of hydrogen-bond acceptors (Lipinski definition) is 1. The van der Waals surface area contributed by atoms with Gasteiger partial charge in [0.2, 0.25) is 5.91 Å². The van der Waals surface area contributed by atoms with Gasteiger partial charge in [-0.05, 0) is 31.6 Å². The molecule has 2 rings (SSSR count). The number of rotatable bonds is 2. The van der Waals surface area contributed by atoms with Crippen LogP contribution in [-0.2, 0) is 4.79 Å². The van der Waals surface area contributed by atoms with Crippen molar-refractivity contribution in [1.82, 2.24) is 5.32 Å². The van der Waals surface area contributed by atoms with E-state index in [1.807, 2.05) is 0 Å². The quantitative estimate of drug-likeness (QED) is 0.759. The summed E-state index contributed by atoms with van der Waals surface area (Å²) >= 11 is 3.62. The molecule has 2 aliphatic carbocycles. The first kappa shape index (κ1) is 10.5. The highest BCUT2D eigenvalue weighted by molar-refractivity contribution is 9.09. The summed E-state index contributed by atoms with van der Waals surface area (Å²) in [5.41, 5.74) is 0. The molecular weight excluding hydrogens is 242 g/mol. The number of hydrogen-bond donors (Lipinski definition) is 1. The Morgan fingerprint density at radius 1 is 1.36 bits per heavy atom. The van der Waals surface area contributed by atoms with E-state index in [-0.39, 0.29) is 0 Å². The molecule has 0 heterocycles. The molecule has 0 aromatic heterocycles. The van der Waals surface area contributed by atoms with Gasteiger partial charge in [-0.2, -0.15) is 0 Å². The molecule has 2 nitrogen and oxygen atoms in total. The van der Waals surface area contributed by atoms with Gasteiger partial charge in [0.05, 0.1) is 0 Å². The number of nitrogens with one attached hydrogen (secondary N) is 1. The lowest BCUT2D eigenvalue weighted by Crippen LogP contribution is -2.44. The molecule has 0 saturated heterocycles. The normalized spacial score (nSPS) is 41.9. The lowest BCUT2D eigenvalue weighted by molar-refractivity contribution is -0.129. The zero-order valence-electron chi connectivity index (χ0n) is 8.63. The second-order valence-corrected chi connectivity index (χ2v) is 6.01. The molecule has 0 bridgehead atoms. The summed E-state index contributed by atoms with van der Waals surface area (Å²) in [6, 6.07) is 0.387. The molecule has 0 aromatic carbocycles. The Labute approximate surface area is 94.0 Å². The van der Waals surface area contributed by atoms with Crippen molar-refractivity contribution in [3.8, 4) is 0 Å². The van der Waals surface area contributed by atoms with Crippen LogP contribution in [-0.4, -0.2) is 16.8 Å². The Morgan fingerprint density at radius 3 is 2.57 bits per heavy atom. The molecule has 2 saturated carbocycles. The van der Waals surface area contributed by atoms with Crippen LogP contribution in [0.5, 0.6) is 0 Å². The van der Waals surface area contributed by atoms with Crippen molar-refractivity contribution < 1.29 is 4.79 Å². The largest absolute Gasteiger partial charge is 0.352 e. The molecule has 2 fully saturated rings. The van der Waals surface area contributed by atoms with Gasteiger partial charge in [0.1, 0.15) is 0 Å². The number of halogens is 1. The van der Waals surface area contributed by atoms with Crippen molar-refractivity contribution in [3.63, 3.8) is 0 Å². The molecule has 0 radical (unpaired) electrons. The molecule has 14 heavy (non-hydrogen) atoms. The number of carbonyl (C=O) groups excluding carboxylic acids is 1. The van der Waals surface area contributed by atoms with Crippen LogP contribution in [0.25, 0.3) is 0 Å². The maximum absolute atomic E-state index is 11.7. The van der Waals surface area contributed by atoms with Crippen LogP contribution in [0.15, 0.2) is 0 Å². The van der Waals surface area contributed by atoms with E-state index >= 15 is 0 Å². The summed E-state index contributed by atoms with van der Waals surface area (Å²) in [5.74, 6) is 1.36. The summed E-state index contributed by atoms with van der Waals surface area (Å²) < 4.78 is 0. The van der Waals surface area contributed by atoms with Crippen molar-refractivity contribution in [2.45, 2.75) is 49.9 Å². The van der Waals surface area contributed by atoms with Crippen LogP contribution in [0.2, 0.25) is 0 Å². The third-order valence-corrected chi connectivity index (χ3v) is 4.60. The Bertz CT molecular complexity index is 225. The number of carbonyl (C=O) groups is 1. The van der Waals surface area contributed by atoms with E-state index in [0.29, 0.717) is 22.7 Å². The predicted octanol–water partition coefficient (Wildman–Crippen LogP) is 2.46. The highest BCUT2D eigenvalue weighted by Gasteiger charge is 2.34. The Hall–Kier alpha value is -0.0500. The number of amides is 1. The molecule has 0 spiro atoms. The average Bonchev–Trinajstić information content (AvgIpc) is 2.46. The van der Waals surface area contributed by atoms with Gasteiger partial charge >= 0.3 is 0 Å². The van der Waals surface area contributed by atoms with Crippen LogP contribution in [0.4, 0.5) is 0 Å². The van der Waals surface area contributed by atoms with Crippen molar-refractivity contribution >= 4 is 21.8 Å². The van der Waals surface area contributed by atoms with E-state index in [0.717, 1.165) is 25.2 Å². The van der Waals surface area contributed by atoms with Gasteiger partial charge in [0.15, 0.2) is 0 Å². The Morgan fingerprint density at radius 2 is 2.07 bits per heavy atom. The van der Waals surface area contributed by atoms with Crippen LogP contribution in [0, 0.1) is 11.8 Å². The third kappa shape index (κ3) is 2.13. The van der Waals surface area contributed by atoms with Gasteiger partial charge in [-0.25, -0.2) is 0 Å². The maximum Gasteiger partial charge on any atom is 0.223 e. The second-order valence-electron chi connectivity index (χ2n) is 4.84. The van der Waals surface area contributed by atoms with Gasteiger partial charge in [-0.15, -0.1) is 0 Å². The SMILES string of the molecule is CC1CC(C(=O)NC2CCCC2Br)C1. The van der Waals surface area contributed by atoms with Gasteiger partial charge in [-0.1, -0.05) is 29.3 Å². The van der Waals surface area contributed by atoms with E-state index in [1.54, 1.807) is 0 Å². The average molecular weight is 260 g/mol. The first-order valence-electron chi connectivity index (χ1n) is 5.61. The molecule has 3 heteroatoms. The molecule has 1 amide bonds. The predicted molar refractivity (Wildman–Crippen MR) is 60.4 cm³/mol. The van der Waals surface area contributed by atoms with E-state index in [2.05, 4.69) is 28.2 Å². The second kappa shape index (κ2) is 4.21.